The molecule has 5 heteroatoms. The summed E-state index contributed by atoms with van der Waals surface area (Å²) < 4.78 is 1.10. The van der Waals surface area contributed by atoms with E-state index in [1.54, 1.807) is 16.8 Å². The Balaban J connectivity index is 1.97. The summed E-state index contributed by atoms with van der Waals surface area (Å²) in [6.07, 6.45) is 3.16. The molecule has 1 aromatic carbocycles. The predicted octanol–water partition coefficient (Wildman–Crippen LogP) is 2.21. The van der Waals surface area contributed by atoms with Gasteiger partial charge in [-0.3, -0.25) is 0 Å². The summed E-state index contributed by atoms with van der Waals surface area (Å²) >= 11 is 1.59. The van der Waals surface area contributed by atoms with Gasteiger partial charge in [0.1, 0.15) is 5.52 Å². The second-order valence-electron chi connectivity index (χ2n) is 4.64. The van der Waals surface area contributed by atoms with E-state index >= 15 is 0 Å². The quantitative estimate of drug-likeness (QED) is 0.729. The Morgan fingerprint density at radius 3 is 2.94 bits per heavy atom. The van der Waals surface area contributed by atoms with E-state index in [1.165, 1.54) is 0 Å². The first-order valence-electron chi connectivity index (χ1n) is 5.75. The fraction of sp³-hybridized carbons (Fsp3) is 0.417. The maximum absolute atomic E-state index is 9.45. The van der Waals surface area contributed by atoms with E-state index in [-0.39, 0.29) is 12.1 Å². The fourth-order valence-electron chi connectivity index (χ4n) is 2.27. The van der Waals surface area contributed by atoms with Gasteiger partial charge in [-0.2, -0.15) is 0 Å². The number of aliphatic hydroxyl groups excluding tert-OH is 1. The molecule has 1 aliphatic carbocycles. The Bertz CT molecular complexity index is 542. The van der Waals surface area contributed by atoms with E-state index in [0.717, 1.165) is 35.2 Å². The van der Waals surface area contributed by atoms with Crippen LogP contribution < -0.4 is 11.1 Å². The highest BCUT2D eigenvalue weighted by atomic mass is 32.1. The average Bonchev–Trinajstić information content (AvgIpc) is 2.75. The summed E-state index contributed by atoms with van der Waals surface area (Å²) in [5.74, 6) is 0. The molecular formula is C12H15N3OS. The van der Waals surface area contributed by atoms with Gasteiger partial charge in [-0.05, 0) is 31.4 Å². The van der Waals surface area contributed by atoms with Crippen molar-refractivity contribution in [3.05, 3.63) is 17.6 Å². The molecular weight excluding hydrogens is 234 g/mol. The standard InChI is InChI=1S/C12H15N3OS/c13-10-8(15-12(6-16)4-1-5-12)2-3-9-11(10)14-7-17-9/h2-3,7,15-16H,1,4-6,13H2. The van der Waals surface area contributed by atoms with Crippen molar-refractivity contribution in [2.75, 3.05) is 17.7 Å². The minimum absolute atomic E-state index is 0.154. The first-order chi connectivity index (χ1) is 8.24. The number of fused-ring (bicyclic) bond motifs is 1. The molecule has 3 rings (SSSR count). The zero-order valence-corrected chi connectivity index (χ0v) is 10.3. The highest BCUT2D eigenvalue weighted by molar-refractivity contribution is 7.16. The molecule has 1 heterocycles. The van der Waals surface area contributed by atoms with Gasteiger partial charge < -0.3 is 16.2 Å². The molecule has 0 spiro atoms. The number of nitrogens with zero attached hydrogens (tertiary/aromatic N) is 1. The van der Waals surface area contributed by atoms with E-state index < -0.39 is 0 Å². The van der Waals surface area contributed by atoms with Gasteiger partial charge in [-0.25, -0.2) is 4.98 Å². The summed E-state index contributed by atoms with van der Waals surface area (Å²) in [6.45, 7) is 0.154. The molecule has 1 fully saturated rings. The van der Waals surface area contributed by atoms with Gasteiger partial charge in [-0.15, -0.1) is 11.3 Å². The van der Waals surface area contributed by atoms with Gasteiger partial charge in [0.15, 0.2) is 0 Å². The zero-order valence-electron chi connectivity index (χ0n) is 9.44. The van der Waals surface area contributed by atoms with Crippen LogP contribution in [-0.2, 0) is 0 Å². The third-order valence-electron chi connectivity index (χ3n) is 3.55. The average molecular weight is 249 g/mol. The van der Waals surface area contributed by atoms with Crippen molar-refractivity contribution in [2.24, 2.45) is 0 Å². The summed E-state index contributed by atoms with van der Waals surface area (Å²) in [4.78, 5) is 4.27. The van der Waals surface area contributed by atoms with Gasteiger partial charge in [0.05, 0.1) is 33.7 Å². The van der Waals surface area contributed by atoms with Crippen LogP contribution in [0.3, 0.4) is 0 Å². The monoisotopic (exact) mass is 249 g/mol. The van der Waals surface area contributed by atoms with Gasteiger partial charge >= 0.3 is 0 Å². The normalized spacial score (nSPS) is 17.9. The van der Waals surface area contributed by atoms with Crippen LogP contribution in [0.25, 0.3) is 10.2 Å². The maximum Gasteiger partial charge on any atom is 0.106 e. The van der Waals surface area contributed by atoms with E-state index in [4.69, 9.17) is 5.73 Å². The smallest absolute Gasteiger partial charge is 0.106 e. The molecule has 90 valence electrons. The van der Waals surface area contributed by atoms with Crippen molar-refractivity contribution in [3.63, 3.8) is 0 Å². The summed E-state index contributed by atoms with van der Waals surface area (Å²) in [5, 5.41) is 12.8. The second kappa shape index (κ2) is 3.85. The van der Waals surface area contributed by atoms with Crippen LogP contribution >= 0.6 is 11.3 Å². The van der Waals surface area contributed by atoms with Crippen LogP contribution in [0.2, 0.25) is 0 Å². The number of hydrogen-bond acceptors (Lipinski definition) is 5. The lowest BCUT2D eigenvalue weighted by Crippen LogP contribution is -2.48. The SMILES string of the molecule is Nc1c(NC2(CO)CCC2)ccc2scnc12. The first kappa shape index (κ1) is 10.8. The van der Waals surface area contributed by atoms with Crippen molar-refractivity contribution in [1.29, 1.82) is 0 Å². The van der Waals surface area contributed by atoms with Crippen LogP contribution in [0.15, 0.2) is 17.6 Å². The third kappa shape index (κ3) is 1.66. The number of rotatable bonds is 3. The minimum Gasteiger partial charge on any atom is -0.395 e. The molecule has 0 atom stereocenters. The molecule has 0 radical (unpaired) electrons. The lowest BCUT2D eigenvalue weighted by atomic mass is 9.77. The number of anilines is 2. The second-order valence-corrected chi connectivity index (χ2v) is 5.53. The predicted molar refractivity (Wildman–Crippen MR) is 71.3 cm³/mol. The van der Waals surface area contributed by atoms with Crippen molar-refractivity contribution < 1.29 is 5.11 Å². The van der Waals surface area contributed by atoms with Crippen LogP contribution in [0.5, 0.6) is 0 Å². The van der Waals surface area contributed by atoms with E-state index in [9.17, 15) is 5.11 Å². The van der Waals surface area contributed by atoms with E-state index in [0.29, 0.717) is 5.69 Å². The molecule has 4 N–H and O–H groups in total. The van der Waals surface area contributed by atoms with Crippen molar-refractivity contribution in [3.8, 4) is 0 Å². The molecule has 17 heavy (non-hydrogen) atoms. The number of nitrogens with one attached hydrogen (secondary N) is 1. The van der Waals surface area contributed by atoms with Crippen LogP contribution in [0.1, 0.15) is 19.3 Å². The molecule has 0 bridgehead atoms. The summed E-state index contributed by atoms with van der Waals surface area (Å²) in [6, 6.07) is 4.00. The number of aliphatic hydroxyl groups is 1. The molecule has 1 saturated carbocycles. The lowest BCUT2D eigenvalue weighted by Gasteiger charge is -2.42. The van der Waals surface area contributed by atoms with Crippen LogP contribution in [0, 0.1) is 0 Å². The molecule has 4 nitrogen and oxygen atoms in total. The largest absolute Gasteiger partial charge is 0.395 e. The Hall–Kier alpha value is -1.33. The first-order valence-corrected chi connectivity index (χ1v) is 6.63. The van der Waals surface area contributed by atoms with Gasteiger partial charge in [-0.1, -0.05) is 0 Å². The Morgan fingerprint density at radius 1 is 1.47 bits per heavy atom. The Kier molecular flexibility index (Phi) is 2.45. The molecule has 0 unspecified atom stereocenters. The molecule has 1 aromatic heterocycles. The number of nitrogen functional groups attached to an aromatic ring is 1. The highest BCUT2D eigenvalue weighted by Crippen LogP contribution is 2.38. The topological polar surface area (TPSA) is 71.2 Å². The third-order valence-corrected chi connectivity index (χ3v) is 4.35. The van der Waals surface area contributed by atoms with Crippen LogP contribution in [0.4, 0.5) is 11.4 Å². The van der Waals surface area contributed by atoms with Gasteiger partial charge in [0, 0.05) is 0 Å². The maximum atomic E-state index is 9.45. The van der Waals surface area contributed by atoms with Gasteiger partial charge in [0.2, 0.25) is 0 Å². The zero-order chi connectivity index (χ0) is 11.9. The molecule has 2 aromatic rings. The van der Waals surface area contributed by atoms with Crippen molar-refractivity contribution in [1.82, 2.24) is 4.98 Å². The highest BCUT2D eigenvalue weighted by Gasteiger charge is 2.36. The number of nitrogens with two attached hydrogens (primary N) is 1. The van der Waals surface area contributed by atoms with E-state index in [1.807, 2.05) is 12.1 Å². The minimum atomic E-state index is -0.169. The molecule has 1 aliphatic rings. The fourth-order valence-corrected chi connectivity index (χ4v) is 2.97. The number of thiazole rings is 1. The van der Waals surface area contributed by atoms with Crippen molar-refractivity contribution >= 4 is 32.9 Å². The molecule has 0 amide bonds. The molecule has 0 aliphatic heterocycles. The number of aromatic nitrogens is 1. The summed E-state index contributed by atoms with van der Waals surface area (Å²) in [5.41, 5.74) is 10.2. The number of hydrogen-bond donors (Lipinski definition) is 3. The Labute approximate surface area is 103 Å². The Morgan fingerprint density at radius 2 is 2.29 bits per heavy atom. The van der Waals surface area contributed by atoms with Gasteiger partial charge in [0.25, 0.3) is 0 Å². The van der Waals surface area contributed by atoms with Crippen LogP contribution in [-0.4, -0.2) is 22.2 Å². The lowest BCUT2D eigenvalue weighted by molar-refractivity contribution is 0.144. The van der Waals surface area contributed by atoms with Crippen molar-refractivity contribution in [2.45, 2.75) is 24.8 Å². The van der Waals surface area contributed by atoms with E-state index in [2.05, 4.69) is 10.3 Å². The molecule has 0 saturated heterocycles. The summed E-state index contributed by atoms with van der Waals surface area (Å²) in [7, 11) is 0. The number of benzene rings is 1.